The number of para-hydroxylation sites is 1. The van der Waals surface area contributed by atoms with Gasteiger partial charge in [0, 0.05) is 37.4 Å². The Kier molecular flexibility index (Phi) is 5.38. The van der Waals surface area contributed by atoms with Crippen molar-refractivity contribution in [2.45, 2.75) is 17.9 Å². The highest BCUT2D eigenvalue weighted by molar-refractivity contribution is 7.89. The van der Waals surface area contributed by atoms with Crippen molar-refractivity contribution in [3.8, 4) is 11.5 Å². The van der Waals surface area contributed by atoms with Crippen LogP contribution in [-0.2, 0) is 10.0 Å². The molecule has 0 aromatic heterocycles. The average Bonchev–Trinajstić information content (AvgIpc) is 2.68. The van der Waals surface area contributed by atoms with E-state index in [1.54, 1.807) is 12.1 Å². The van der Waals surface area contributed by atoms with E-state index in [4.69, 9.17) is 9.47 Å². The van der Waals surface area contributed by atoms with Gasteiger partial charge in [-0.2, -0.15) is 4.31 Å². The van der Waals surface area contributed by atoms with Crippen LogP contribution >= 0.6 is 0 Å². The van der Waals surface area contributed by atoms with Crippen LogP contribution in [0.3, 0.4) is 0 Å². The molecule has 0 bridgehead atoms. The largest absolute Gasteiger partial charge is 0.497 e. The van der Waals surface area contributed by atoms with Crippen LogP contribution in [0.4, 0.5) is 5.69 Å². The summed E-state index contributed by atoms with van der Waals surface area (Å²) in [7, 11) is -0.692. The van der Waals surface area contributed by atoms with Crippen molar-refractivity contribution >= 4 is 15.7 Å². The van der Waals surface area contributed by atoms with Gasteiger partial charge in [-0.3, -0.25) is 0 Å². The summed E-state index contributed by atoms with van der Waals surface area (Å²) in [5, 5.41) is 0. The van der Waals surface area contributed by atoms with Crippen LogP contribution < -0.4 is 14.4 Å². The molecule has 0 aliphatic carbocycles. The molecule has 0 N–H and O–H groups in total. The van der Waals surface area contributed by atoms with E-state index < -0.39 is 10.0 Å². The predicted molar refractivity (Wildman–Crippen MR) is 102 cm³/mol. The van der Waals surface area contributed by atoms with E-state index in [1.807, 2.05) is 37.3 Å². The summed E-state index contributed by atoms with van der Waals surface area (Å²) in [4.78, 5) is 2.37. The number of nitrogens with zero attached hydrogens (tertiary/aromatic N) is 2. The van der Waals surface area contributed by atoms with E-state index in [9.17, 15) is 8.42 Å². The number of hydrogen-bond donors (Lipinski definition) is 0. The van der Waals surface area contributed by atoms with Gasteiger partial charge in [0.15, 0.2) is 0 Å². The van der Waals surface area contributed by atoms with Gasteiger partial charge < -0.3 is 14.4 Å². The highest BCUT2D eigenvalue weighted by Gasteiger charge is 2.34. The van der Waals surface area contributed by atoms with Crippen LogP contribution in [0.15, 0.2) is 53.4 Å². The van der Waals surface area contributed by atoms with Crippen molar-refractivity contribution in [2.75, 3.05) is 38.8 Å². The molecule has 26 heavy (non-hydrogen) atoms. The predicted octanol–water partition coefficient (Wildman–Crippen LogP) is 2.60. The first-order valence-electron chi connectivity index (χ1n) is 8.51. The second-order valence-electron chi connectivity index (χ2n) is 6.26. The number of hydrogen-bond acceptors (Lipinski definition) is 5. The summed E-state index contributed by atoms with van der Waals surface area (Å²) < 4.78 is 38.4. The van der Waals surface area contributed by atoms with Gasteiger partial charge in [0.25, 0.3) is 0 Å². The number of rotatable bonds is 5. The van der Waals surface area contributed by atoms with Crippen molar-refractivity contribution in [3.05, 3.63) is 48.5 Å². The lowest BCUT2D eigenvalue weighted by molar-refractivity contribution is 0.338. The van der Waals surface area contributed by atoms with Crippen LogP contribution in [0.2, 0.25) is 0 Å². The Morgan fingerprint density at radius 3 is 2.35 bits per heavy atom. The first-order chi connectivity index (χ1) is 12.5. The molecule has 6 nitrogen and oxygen atoms in total. The number of ether oxygens (including phenoxy) is 2. The highest BCUT2D eigenvalue weighted by atomic mass is 32.2. The molecule has 0 saturated carbocycles. The number of piperazine rings is 1. The normalized spacial score (nSPS) is 18.6. The molecule has 1 saturated heterocycles. The first-order valence-corrected chi connectivity index (χ1v) is 9.95. The van der Waals surface area contributed by atoms with E-state index in [-0.39, 0.29) is 10.9 Å². The minimum absolute atomic E-state index is 0.0672. The molecular weight excluding hydrogens is 352 g/mol. The Labute approximate surface area is 155 Å². The van der Waals surface area contributed by atoms with Crippen LogP contribution in [0, 0.1) is 0 Å². The smallest absolute Gasteiger partial charge is 0.247 e. The van der Waals surface area contributed by atoms with E-state index in [1.165, 1.54) is 24.6 Å². The zero-order valence-electron chi connectivity index (χ0n) is 15.3. The van der Waals surface area contributed by atoms with Crippen molar-refractivity contribution in [3.63, 3.8) is 0 Å². The second-order valence-corrected chi connectivity index (χ2v) is 8.16. The van der Waals surface area contributed by atoms with Gasteiger partial charge in [-0.15, -0.1) is 0 Å². The Morgan fingerprint density at radius 2 is 1.73 bits per heavy atom. The minimum Gasteiger partial charge on any atom is -0.497 e. The molecule has 0 amide bonds. The molecule has 2 aromatic rings. The lowest BCUT2D eigenvalue weighted by Gasteiger charge is -2.40. The molecule has 1 unspecified atom stereocenters. The fraction of sp³-hybridized carbons (Fsp3) is 0.368. The summed E-state index contributed by atoms with van der Waals surface area (Å²) in [6.07, 6.45) is 0. The first kappa shape index (κ1) is 18.5. The molecule has 7 heteroatoms. The van der Waals surface area contributed by atoms with Gasteiger partial charge in [0.05, 0.1) is 14.2 Å². The third kappa shape index (κ3) is 3.50. The maximum Gasteiger partial charge on any atom is 0.247 e. The van der Waals surface area contributed by atoms with Gasteiger partial charge in [-0.25, -0.2) is 8.42 Å². The fourth-order valence-electron chi connectivity index (χ4n) is 3.27. The highest BCUT2D eigenvalue weighted by Crippen LogP contribution is 2.32. The lowest BCUT2D eigenvalue weighted by Crippen LogP contribution is -2.53. The zero-order chi connectivity index (χ0) is 18.7. The molecule has 3 rings (SSSR count). The van der Waals surface area contributed by atoms with Crippen molar-refractivity contribution in [1.29, 1.82) is 0 Å². The quantitative estimate of drug-likeness (QED) is 0.803. The van der Waals surface area contributed by atoms with Gasteiger partial charge >= 0.3 is 0 Å². The molecule has 1 fully saturated rings. The Bertz CT molecular complexity index is 855. The fourth-order valence-corrected chi connectivity index (χ4v) is 4.95. The third-order valence-corrected chi connectivity index (χ3v) is 6.55. The molecular formula is C19H24N2O4S. The Balaban J connectivity index is 1.86. The standard InChI is InChI=1S/C19H24N2O4S/c1-15-14-20(11-12-21(15)16-7-5-4-6-8-16)26(22,23)19-13-17(24-2)9-10-18(19)25-3/h4-10,13,15H,11-12,14H2,1-3H3. The van der Waals surface area contributed by atoms with Crippen molar-refractivity contribution < 1.29 is 17.9 Å². The van der Waals surface area contributed by atoms with Gasteiger partial charge in [0.2, 0.25) is 10.0 Å². The molecule has 1 atom stereocenters. The molecule has 0 spiro atoms. The minimum atomic E-state index is -3.67. The van der Waals surface area contributed by atoms with Crippen LogP contribution in [0.1, 0.15) is 6.92 Å². The monoisotopic (exact) mass is 376 g/mol. The topological polar surface area (TPSA) is 59.1 Å². The van der Waals surface area contributed by atoms with E-state index in [2.05, 4.69) is 4.90 Å². The Hall–Kier alpha value is -2.25. The lowest BCUT2D eigenvalue weighted by atomic mass is 10.2. The molecule has 1 aliphatic heterocycles. The summed E-state index contributed by atoms with van der Waals surface area (Å²) in [5.41, 5.74) is 1.11. The summed E-state index contributed by atoms with van der Waals surface area (Å²) in [6, 6.07) is 14.9. The van der Waals surface area contributed by atoms with E-state index in [0.717, 1.165) is 5.69 Å². The molecule has 0 radical (unpaired) electrons. The average molecular weight is 376 g/mol. The third-order valence-electron chi connectivity index (χ3n) is 4.67. The molecule has 140 valence electrons. The van der Waals surface area contributed by atoms with Crippen molar-refractivity contribution in [2.24, 2.45) is 0 Å². The van der Waals surface area contributed by atoms with Crippen LogP contribution in [-0.4, -0.2) is 52.6 Å². The summed E-state index contributed by atoms with van der Waals surface area (Å²) in [6.45, 7) is 3.51. The maximum atomic E-state index is 13.2. The number of methoxy groups -OCH3 is 2. The molecule has 1 aliphatic rings. The SMILES string of the molecule is COc1ccc(OC)c(S(=O)(=O)N2CCN(c3ccccc3)C(C)C2)c1. The molecule has 1 heterocycles. The van der Waals surface area contributed by atoms with Gasteiger partial charge in [0.1, 0.15) is 16.4 Å². The van der Waals surface area contributed by atoms with E-state index in [0.29, 0.717) is 31.1 Å². The molecule has 2 aromatic carbocycles. The van der Waals surface area contributed by atoms with Gasteiger partial charge in [-0.1, -0.05) is 18.2 Å². The summed E-state index contributed by atoms with van der Waals surface area (Å²) in [5.74, 6) is 0.810. The maximum absolute atomic E-state index is 13.2. The van der Waals surface area contributed by atoms with Crippen molar-refractivity contribution in [1.82, 2.24) is 4.31 Å². The Morgan fingerprint density at radius 1 is 1.00 bits per heavy atom. The van der Waals surface area contributed by atoms with Crippen LogP contribution in [0.25, 0.3) is 0 Å². The number of sulfonamides is 1. The number of benzene rings is 2. The zero-order valence-corrected chi connectivity index (χ0v) is 16.1. The number of anilines is 1. The second kappa shape index (κ2) is 7.55. The van der Waals surface area contributed by atoms with Crippen LogP contribution in [0.5, 0.6) is 11.5 Å². The van der Waals surface area contributed by atoms with Gasteiger partial charge in [-0.05, 0) is 31.2 Å². The summed E-state index contributed by atoms with van der Waals surface area (Å²) >= 11 is 0. The van der Waals surface area contributed by atoms with E-state index >= 15 is 0 Å².